The van der Waals surface area contributed by atoms with Crippen molar-refractivity contribution in [1.29, 1.82) is 0 Å². The highest BCUT2D eigenvalue weighted by molar-refractivity contribution is 6.25. The number of fused-ring (bicyclic) bond motifs is 3. The fourth-order valence-corrected chi connectivity index (χ4v) is 6.61. The van der Waals surface area contributed by atoms with Crippen LogP contribution in [0, 0.1) is 11.8 Å². The number of benzene rings is 1. The zero-order valence-electron chi connectivity index (χ0n) is 25.0. The molecule has 4 rings (SSSR count). The van der Waals surface area contributed by atoms with Crippen molar-refractivity contribution in [3.05, 3.63) is 52.0 Å². The van der Waals surface area contributed by atoms with E-state index in [1.165, 1.54) is 36.0 Å². The van der Waals surface area contributed by atoms with Gasteiger partial charge in [-0.1, -0.05) is 19.1 Å². The third-order valence-corrected chi connectivity index (χ3v) is 8.67. The highest BCUT2D eigenvalue weighted by atomic mass is 17.1. The van der Waals surface area contributed by atoms with Crippen molar-refractivity contribution in [2.45, 2.75) is 30.6 Å². The maximum Gasteiger partial charge on any atom is 0.259 e. The van der Waals surface area contributed by atoms with Crippen LogP contribution < -0.4 is 5.32 Å². The average Bonchev–Trinajstić information content (AvgIpc) is 2.97. The number of aromatic hydroxyl groups is 1. The van der Waals surface area contributed by atoms with Crippen LogP contribution >= 0.6 is 0 Å². The predicted octanol–water partition coefficient (Wildman–Crippen LogP) is -1.43. The van der Waals surface area contributed by atoms with Gasteiger partial charge in [-0.3, -0.25) is 45.0 Å². The fraction of sp³-hybridized carbons (Fsp3) is 0.519. The summed E-state index contributed by atoms with van der Waals surface area (Å²) in [5, 5.41) is 93.4. The molecule has 3 aliphatic carbocycles. The van der Waals surface area contributed by atoms with E-state index >= 15 is 0 Å². The van der Waals surface area contributed by atoms with E-state index in [0.717, 1.165) is 0 Å². The summed E-state index contributed by atoms with van der Waals surface area (Å²) < 4.78 is 0. The number of aliphatic hydroxyl groups excluding tert-OH is 3. The summed E-state index contributed by atoms with van der Waals surface area (Å²) >= 11 is 0. The maximum atomic E-state index is 14.0. The van der Waals surface area contributed by atoms with E-state index in [9.17, 15) is 39.9 Å². The minimum absolute atomic E-state index is 0.126. The first-order chi connectivity index (χ1) is 21.5. The highest BCUT2D eigenvalue weighted by Crippen LogP contribution is 2.55. The molecule has 254 valence electrons. The van der Waals surface area contributed by atoms with E-state index in [4.69, 9.17) is 20.8 Å². The number of phenols is 1. The molecule has 46 heavy (non-hydrogen) atoms. The van der Waals surface area contributed by atoms with E-state index in [-0.39, 0.29) is 31.9 Å². The number of aliphatic hydroxyl groups is 4. The summed E-state index contributed by atoms with van der Waals surface area (Å²) in [7, 11) is 2.88. The molecule has 6 atom stereocenters. The van der Waals surface area contributed by atoms with Crippen LogP contribution in [0.5, 0.6) is 5.75 Å². The first-order valence-electron chi connectivity index (χ1n) is 14.0. The Morgan fingerprint density at radius 1 is 1.00 bits per heavy atom. The van der Waals surface area contributed by atoms with E-state index in [1.807, 2.05) is 0 Å². The zero-order valence-corrected chi connectivity index (χ0v) is 25.0. The third-order valence-electron chi connectivity index (χ3n) is 8.67. The molecule has 10 N–H and O–H groups in total. The topological polar surface area (TPSA) is 277 Å². The number of nitrogens with one attached hydrogen (secondary N) is 1. The molecule has 0 fully saturated rings. The minimum atomic E-state index is -3.06. The lowest BCUT2D eigenvalue weighted by atomic mass is 9.55. The summed E-state index contributed by atoms with van der Waals surface area (Å²) in [5.74, 6) is -9.51. The Bertz CT molecular complexity index is 1420. The second-order valence-corrected chi connectivity index (χ2v) is 11.4. The molecule has 0 aliphatic heterocycles. The van der Waals surface area contributed by atoms with Gasteiger partial charge in [0.1, 0.15) is 22.8 Å². The minimum Gasteiger partial charge on any atom is -0.510 e. The van der Waals surface area contributed by atoms with Crippen LogP contribution in [0.25, 0.3) is 0 Å². The van der Waals surface area contributed by atoms with E-state index in [2.05, 4.69) is 15.0 Å². The summed E-state index contributed by atoms with van der Waals surface area (Å²) in [6.45, 7) is 0.249. The van der Waals surface area contributed by atoms with Crippen molar-refractivity contribution < 1.29 is 70.4 Å². The van der Waals surface area contributed by atoms with Gasteiger partial charge in [0.2, 0.25) is 5.78 Å². The number of likely N-dealkylation sites (N-methyl/N-ethyl adjacent to an activating group) is 1. The van der Waals surface area contributed by atoms with Crippen LogP contribution in [0.15, 0.2) is 40.9 Å². The average molecular weight is 656 g/mol. The van der Waals surface area contributed by atoms with Crippen LogP contribution in [0.4, 0.5) is 0 Å². The second kappa shape index (κ2) is 13.7. The molecule has 19 nitrogen and oxygen atoms in total. The number of carbonyl (C=O) groups is 3. The molecular formula is C27H37N5O14. The van der Waals surface area contributed by atoms with E-state index < -0.39 is 98.8 Å². The van der Waals surface area contributed by atoms with Crippen molar-refractivity contribution in [1.82, 2.24) is 25.9 Å². The Balaban J connectivity index is 1.72. The zero-order chi connectivity index (χ0) is 34.2. The van der Waals surface area contributed by atoms with Crippen molar-refractivity contribution in [3.8, 4) is 5.75 Å². The molecule has 19 heteroatoms. The van der Waals surface area contributed by atoms with Crippen molar-refractivity contribution in [3.63, 3.8) is 0 Å². The van der Waals surface area contributed by atoms with Gasteiger partial charge in [-0.05, 0) is 31.6 Å². The number of phenolic OH excluding ortho intramolecular Hbond substituents is 1. The molecule has 1 aromatic carbocycles. The molecule has 1 aromatic rings. The lowest BCUT2D eigenvalue weighted by Gasteiger charge is -2.53. The smallest absolute Gasteiger partial charge is 0.259 e. The number of carbonyl (C=O) groups excluding carboxylic acids is 3. The van der Waals surface area contributed by atoms with Crippen molar-refractivity contribution in [2.75, 3.05) is 47.1 Å². The molecule has 0 bridgehead atoms. The first kappa shape index (κ1) is 35.3. The Kier molecular flexibility index (Phi) is 10.5. The molecule has 0 radical (unpaired) electrons. The summed E-state index contributed by atoms with van der Waals surface area (Å²) in [4.78, 5) is 52.7. The van der Waals surface area contributed by atoms with Crippen LogP contribution in [0.2, 0.25) is 0 Å². The fourth-order valence-electron chi connectivity index (χ4n) is 6.61. The van der Waals surface area contributed by atoms with Gasteiger partial charge < -0.3 is 30.8 Å². The summed E-state index contributed by atoms with van der Waals surface area (Å²) in [5.41, 5.74) is -4.34. The van der Waals surface area contributed by atoms with Gasteiger partial charge in [0, 0.05) is 24.6 Å². The summed E-state index contributed by atoms with van der Waals surface area (Å²) in [6.07, 6.45) is -1.71. The quantitative estimate of drug-likeness (QED) is 0.0701. The van der Waals surface area contributed by atoms with Gasteiger partial charge in [-0.25, -0.2) is 9.68 Å². The van der Waals surface area contributed by atoms with Gasteiger partial charge in [0.15, 0.2) is 11.4 Å². The largest absolute Gasteiger partial charge is 0.510 e. The standard InChI is InChI=1S/C27H37N5O14/c1-12-13-5-4-6-14(33)16(13)21(34)17-15(12)22(35)19-20(29(2)3)23(36)18(25(38)27(19,40)24(17)37)26(39)28-11-30(7-9-45-31(41)42)8-10-46-32(43)44/h4-6,12,15,19-20,22,33,35-37,40-44H,7-11H2,1-3H3,(H,28,39)/t12-,15+,19+,20-,22-,27-/m0/s1. The number of Topliss-reactive ketones (excluding diaryl/α,β-unsaturated/α-hetero) is 2. The monoisotopic (exact) mass is 655 g/mol. The lowest BCUT2D eigenvalue weighted by Crippen LogP contribution is -2.68. The molecule has 0 unspecified atom stereocenters. The molecule has 0 heterocycles. The van der Waals surface area contributed by atoms with Crippen LogP contribution in [0.3, 0.4) is 0 Å². The lowest BCUT2D eigenvalue weighted by molar-refractivity contribution is -0.493. The number of ketones is 2. The second-order valence-electron chi connectivity index (χ2n) is 11.4. The van der Waals surface area contributed by atoms with Crippen molar-refractivity contribution >= 4 is 17.5 Å². The third kappa shape index (κ3) is 6.11. The summed E-state index contributed by atoms with van der Waals surface area (Å²) in [6, 6.07) is 2.91. The first-order valence-corrected chi connectivity index (χ1v) is 14.0. The Morgan fingerprint density at radius 3 is 2.13 bits per heavy atom. The Hall–Kier alpha value is -3.57. The number of nitrogens with zero attached hydrogens (tertiary/aromatic N) is 4. The SMILES string of the molecule is C[C@H]1c2cccc(O)c2C(=O)C2=C(O)[C@]3(O)C(=O)C(C(=O)NCN(CCON(O)O)CCON(O)O)=C(O)[C@@H](N(C)C)[C@@H]3[C@@H](O)[C@@H]21. The molecule has 0 saturated carbocycles. The number of rotatable bonds is 12. The van der Waals surface area contributed by atoms with Crippen molar-refractivity contribution in [2.24, 2.45) is 11.8 Å². The Morgan fingerprint density at radius 2 is 1.59 bits per heavy atom. The van der Waals surface area contributed by atoms with Crippen LogP contribution in [-0.2, 0) is 19.3 Å². The molecule has 0 spiro atoms. The molecule has 0 saturated heterocycles. The number of hydrogen-bond acceptors (Lipinski definition) is 18. The molecule has 1 amide bonds. The number of hydrogen-bond donors (Lipinski definition) is 10. The molecule has 0 aromatic heterocycles. The molecular weight excluding hydrogens is 618 g/mol. The molecule has 3 aliphatic rings. The Labute approximate surface area is 261 Å². The van der Waals surface area contributed by atoms with Crippen LogP contribution in [0.1, 0.15) is 28.8 Å². The maximum absolute atomic E-state index is 14.0. The highest BCUT2D eigenvalue weighted by Gasteiger charge is 2.67. The van der Waals surface area contributed by atoms with E-state index in [1.54, 1.807) is 13.0 Å². The van der Waals surface area contributed by atoms with Gasteiger partial charge >= 0.3 is 0 Å². The van der Waals surface area contributed by atoms with Gasteiger partial charge in [0.25, 0.3) is 5.91 Å². The predicted molar refractivity (Wildman–Crippen MR) is 148 cm³/mol. The normalized spacial score (nSPS) is 27.9. The van der Waals surface area contributed by atoms with Gasteiger partial charge in [-0.2, -0.15) is 0 Å². The van der Waals surface area contributed by atoms with Gasteiger partial charge in [-0.15, -0.1) is 0 Å². The van der Waals surface area contributed by atoms with Crippen LogP contribution in [-0.4, -0.2) is 149 Å². The van der Waals surface area contributed by atoms with Gasteiger partial charge in [0.05, 0.1) is 54.3 Å². The number of amides is 1. The van der Waals surface area contributed by atoms with E-state index in [0.29, 0.717) is 5.56 Å².